The van der Waals surface area contributed by atoms with E-state index < -0.39 is 9.84 Å². The van der Waals surface area contributed by atoms with Crippen LogP contribution < -0.4 is 10.6 Å². The van der Waals surface area contributed by atoms with Gasteiger partial charge in [0.1, 0.15) is 9.84 Å². The van der Waals surface area contributed by atoms with Crippen molar-refractivity contribution in [2.75, 3.05) is 18.1 Å². The predicted octanol–water partition coefficient (Wildman–Crippen LogP) is 0.212. The van der Waals surface area contributed by atoms with E-state index in [4.69, 9.17) is 0 Å². The van der Waals surface area contributed by atoms with Crippen LogP contribution in [0.3, 0.4) is 0 Å². The first-order chi connectivity index (χ1) is 8.57. The molecule has 2 N–H and O–H groups in total. The van der Waals surface area contributed by atoms with Crippen LogP contribution in [0.25, 0.3) is 0 Å². The summed E-state index contributed by atoms with van der Waals surface area (Å²) < 4.78 is 22.6. The molecular weight excluding hydrogens is 252 g/mol. The second-order valence-corrected chi connectivity index (χ2v) is 7.59. The van der Waals surface area contributed by atoms with Crippen molar-refractivity contribution in [1.29, 1.82) is 0 Å². The van der Waals surface area contributed by atoms with E-state index in [1.807, 2.05) is 0 Å². The Kier molecular flexibility index (Phi) is 4.61. The molecule has 1 atom stereocenters. The Morgan fingerprint density at radius 1 is 1.06 bits per heavy atom. The summed E-state index contributed by atoms with van der Waals surface area (Å²) in [6, 6.07) is -0.0582. The minimum absolute atomic E-state index is 0.0334. The van der Waals surface area contributed by atoms with Crippen molar-refractivity contribution in [3.63, 3.8) is 0 Å². The summed E-state index contributed by atoms with van der Waals surface area (Å²) >= 11 is 0. The van der Waals surface area contributed by atoms with Gasteiger partial charge < -0.3 is 10.6 Å². The van der Waals surface area contributed by atoms with Crippen molar-refractivity contribution in [2.45, 2.75) is 50.6 Å². The van der Waals surface area contributed by atoms with E-state index in [0.29, 0.717) is 12.8 Å². The summed E-state index contributed by atoms with van der Waals surface area (Å²) in [5, 5.41) is 6.25. The fourth-order valence-electron chi connectivity index (χ4n) is 2.59. The Morgan fingerprint density at radius 2 is 1.78 bits per heavy atom. The average molecular weight is 274 g/mol. The van der Waals surface area contributed by atoms with E-state index in [1.165, 1.54) is 6.42 Å². The molecule has 1 unspecified atom stereocenters. The maximum Gasteiger partial charge on any atom is 0.237 e. The highest BCUT2D eigenvalue weighted by atomic mass is 32.2. The zero-order valence-corrected chi connectivity index (χ0v) is 11.5. The van der Waals surface area contributed by atoms with Gasteiger partial charge >= 0.3 is 0 Å². The Balaban J connectivity index is 1.80. The van der Waals surface area contributed by atoms with Crippen LogP contribution in [0.2, 0.25) is 0 Å². The van der Waals surface area contributed by atoms with Gasteiger partial charge in [0.05, 0.1) is 17.5 Å². The van der Waals surface area contributed by atoms with Gasteiger partial charge in [-0.3, -0.25) is 4.79 Å². The number of hydrogen-bond acceptors (Lipinski definition) is 4. The number of hydrogen-bond donors (Lipinski definition) is 2. The van der Waals surface area contributed by atoms with E-state index >= 15 is 0 Å². The van der Waals surface area contributed by atoms with Crippen LogP contribution >= 0.6 is 0 Å². The van der Waals surface area contributed by atoms with Gasteiger partial charge in [0.15, 0.2) is 0 Å². The number of rotatable bonds is 2. The monoisotopic (exact) mass is 274 g/mol. The molecule has 1 amide bonds. The molecule has 18 heavy (non-hydrogen) atoms. The quantitative estimate of drug-likeness (QED) is 0.755. The summed E-state index contributed by atoms with van der Waals surface area (Å²) in [5.41, 5.74) is 0. The molecule has 0 aromatic heterocycles. The van der Waals surface area contributed by atoms with E-state index in [1.54, 1.807) is 0 Å². The summed E-state index contributed by atoms with van der Waals surface area (Å²) in [7, 11) is -2.85. The van der Waals surface area contributed by atoms with Crippen LogP contribution in [0, 0.1) is 0 Å². The molecule has 5 nitrogen and oxygen atoms in total. The van der Waals surface area contributed by atoms with Crippen molar-refractivity contribution in [1.82, 2.24) is 10.6 Å². The highest BCUT2D eigenvalue weighted by Gasteiger charge is 2.27. The molecule has 0 spiro atoms. The van der Waals surface area contributed by atoms with Crippen LogP contribution in [-0.4, -0.2) is 44.5 Å². The van der Waals surface area contributed by atoms with Crippen LogP contribution in [0.5, 0.6) is 0 Å². The molecule has 2 aliphatic rings. The standard InChI is InChI=1S/C12H22N2O3S/c15-12(11-4-2-1-3-7-13-11)14-10-5-8-18(16,17)9-6-10/h10-11,13H,1-9H2,(H,14,15). The normalized spacial score (nSPS) is 29.4. The first kappa shape index (κ1) is 13.8. The maximum atomic E-state index is 12.1. The fraction of sp³-hybridized carbons (Fsp3) is 0.917. The predicted molar refractivity (Wildman–Crippen MR) is 70.1 cm³/mol. The van der Waals surface area contributed by atoms with Crippen molar-refractivity contribution in [2.24, 2.45) is 0 Å². The van der Waals surface area contributed by atoms with Gasteiger partial charge in [-0.25, -0.2) is 8.42 Å². The van der Waals surface area contributed by atoms with Crippen molar-refractivity contribution in [3.05, 3.63) is 0 Å². The highest BCUT2D eigenvalue weighted by Crippen LogP contribution is 2.13. The molecule has 2 saturated heterocycles. The maximum absolute atomic E-state index is 12.1. The molecule has 0 saturated carbocycles. The molecule has 2 rings (SSSR count). The van der Waals surface area contributed by atoms with Crippen LogP contribution in [0.15, 0.2) is 0 Å². The van der Waals surface area contributed by atoms with Crippen LogP contribution in [-0.2, 0) is 14.6 Å². The molecule has 2 fully saturated rings. The summed E-state index contributed by atoms with van der Waals surface area (Å²) in [6.07, 6.45) is 5.40. The largest absolute Gasteiger partial charge is 0.352 e. The van der Waals surface area contributed by atoms with E-state index in [2.05, 4.69) is 10.6 Å². The summed E-state index contributed by atoms with van der Waals surface area (Å²) in [4.78, 5) is 12.1. The van der Waals surface area contributed by atoms with Crippen molar-refractivity contribution in [3.8, 4) is 0 Å². The van der Waals surface area contributed by atoms with Gasteiger partial charge in [0.2, 0.25) is 5.91 Å². The first-order valence-corrected chi connectivity index (χ1v) is 8.63. The second-order valence-electron chi connectivity index (χ2n) is 5.29. The molecule has 0 aliphatic carbocycles. The van der Waals surface area contributed by atoms with Gasteiger partial charge in [-0.15, -0.1) is 0 Å². The zero-order valence-electron chi connectivity index (χ0n) is 10.7. The van der Waals surface area contributed by atoms with Gasteiger partial charge in [0, 0.05) is 6.04 Å². The van der Waals surface area contributed by atoms with Crippen molar-refractivity contribution < 1.29 is 13.2 Å². The minimum Gasteiger partial charge on any atom is -0.352 e. The third kappa shape index (κ3) is 3.95. The average Bonchev–Trinajstić information content (AvgIpc) is 2.60. The number of nitrogens with one attached hydrogen (secondary N) is 2. The Labute approximate surface area is 109 Å². The SMILES string of the molecule is O=C(NC1CCS(=O)(=O)CC1)C1CCCCCN1. The van der Waals surface area contributed by atoms with Gasteiger partial charge in [-0.05, 0) is 32.2 Å². The fourth-order valence-corrected chi connectivity index (χ4v) is 4.08. The molecule has 6 heteroatoms. The number of amides is 1. The Hall–Kier alpha value is -0.620. The summed E-state index contributed by atoms with van der Waals surface area (Å²) in [6.45, 7) is 0.900. The van der Waals surface area contributed by atoms with Crippen molar-refractivity contribution >= 4 is 15.7 Å². The molecule has 2 aliphatic heterocycles. The van der Waals surface area contributed by atoms with E-state index in [0.717, 1.165) is 25.8 Å². The van der Waals surface area contributed by atoms with Crippen LogP contribution in [0.1, 0.15) is 38.5 Å². The molecule has 2 heterocycles. The topological polar surface area (TPSA) is 75.3 Å². The first-order valence-electron chi connectivity index (χ1n) is 6.81. The number of carbonyl (C=O) groups is 1. The smallest absolute Gasteiger partial charge is 0.237 e. The lowest BCUT2D eigenvalue weighted by molar-refractivity contribution is -0.124. The third-order valence-corrected chi connectivity index (χ3v) is 5.49. The molecular formula is C12H22N2O3S. The highest BCUT2D eigenvalue weighted by molar-refractivity contribution is 7.91. The molecule has 0 aromatic rings. The van der Waals surface area contributed by atoms with Crippen LogP contribution in [0.4, 0.5) is 0 Å². The molecule has 0 radical (unpaired) electrons. The van der Waals surface area contributed by atoms with Gasteiger partial charge in [0.25, 0.3) is 0 Å². The lowest BCUT2D eigenvalue weighted by Gasteiger charge is -2.25. The van der Waals surface area contributed by atoms with Gasteiger partial charge in [-0.1, -0.05) is 12.8 Å². The lowest BCUT2D eigenvalue weighted by Crippen LogP contribution is -2.49. The number of sulfone groups is 1. The molecule has 0 aromatic carbocycles. The molecule has 104 valence electrons. The van der Waals surface area contributed by atoms with E-state index in [9.17, 15) is 13.2 Å². The van der Waals surface area contributed by atoms with Gasteiger partial charge in [-0.2, -0.15) is 0 Å². The van der Waals surface area contributed by atoms with E-state index in [-0.39, 0.29) is 29.5 Å². The third-order valence-electron chi connectivity index (χ3n) is 3.78. The summed E-state index contributed by atoms with van der Waals surface area (Å²) in [5.74, 6) is 0.452. The zero-order chi connectivity index (χ0) is 13.0. The minimum atomic E-state index is -2.85. The lowest BCUT2D eigenvalue weighted by atomic mass is 10.1. The molecule has 0 bridgehead atoms. The Morgan fingerprint density at radius 3 is 2.50 bits per heavy atom. The second kappa shape index (κ2) is 6.02. The Bertz CT molecular complexity index is 372. The number of carbonyl (C=O) groups excluding carboxylic acids is 1.